The predicted molar refractivity (Wildman–Crippen MR) is 44.3 cm³/mol. The molecule has 0 aromatic carbocycles. The quantitative estimate of drug-likeness (QED) is 0.646. The second kappa shape index (κ2) is 4.88. The van der Waals surface area contributed by atoms with Crippen molar-refractivity contribution >= 4 is 0 Å². The molecule has 0 spiro atoms. The van der Waals surface area contributed by atoms with Gasteiger partial charge in [-0.05, 0) is 0 Å². The van der Waals surface area contributed by atoms with E-state index in [1.54, 1.807) is 0 Å². The van der Waals surface area contributed by atoms with Crippen LogP contribution in [0.15, 0.2) is 0 Å². The van der Waals surface area contributed by atoms with Crippen LogP contribution in [0.3, 0.4) is 0 Å². The lowest BCUT2D eigenvalue weighted by molar-refractivity contribution is -0.271. The van der Waals surface area contributed by atoms with Gasteiger partial charge in [0.25, 0.3) is 0 Å². The van der Waals surface area contributed by atoms with E-state index in [0.717, 1.165) is 0 Å². The highest BCUT2D eigenvalue weighted by Gasteiger charge is 2.40. The first-order chi connectivity index (χ1) is 6.24. The molecule has 0 amide bonds. The van der Waals surface area contributed by atoms with Crippen LogP contribution < -0.4 is 0 Å². The van der Waals surface area contributed by atoms with E-state index in [1.165, 1.54) is 21.3 Å². The number of aliphatic hydroxyl groups is 1. The second-order valence-electron chi connectivity index (χ2n) is 2.90. The van der Waals surface area contributed by atoms with Crippen molar-refractivity contribution in [2.24, 2.45) is 0 Å². The maximum absolute atomic E-state index is 9.72. The number of hydrogen-bond donors (Lipinski definition) is 1. The Morgan fingerprint density at radius 2 is 1.85 bits per heavy atom. The van der Waals surface area contributed by atoms with E-state index in [0.29, 0.717) is 6.61 Å². The van der Waals surface area contributed by atoms with Crippen LogP contribution in [-0.4, -0.2) is 57.6 Å². The molecule has 0 aromatic rings. The van der Waals surface area contributed by atoms with Gasteiger partial charge in [0.2, 0.25) is 0 Å². The summed E-state index contributed by atoms with van der Waals surface area (Å²) >= 11 is 0. The molecule has 4 atom stereocenters. The standard InChI is InChI=1S/C8H16O5/c1-10-5-4-13-8(12-3)7(11-2)6(5)9/h5-9H,4H2,1-3H3/t5-,6-,7+,8-/m0/s1. The summed E-state index contributed by atoms with van der Waals surface area (Å²) < 4.78 is 20.3. The highest BCUT2D eigenvalue weighted by molar-refractivity contribution is 4.84. The maximum Gasteiger partial charge on any atom is 0.186 e. The SMILES string of the molecule is CO[C@H]1OC[C@H](OC)[C@H](O)[C@H]1OC. The van der Waals surface area contributed by atoms with Gasteiger partial charge in [0.1, 0.15) is 18.3 Å². The number of aliphatic hydroxyl groups excluding tert-OH is 1. The maximum atomic E-state index is 9.72. The molecule has 0 aliphatic carbocycles. The van der Waals surface area contributed by atoms with Crippen LogP contribution in [-0.2, 0) is 18.9 Å². The second-order valence-corrected chi connectivity index (χ2v) is 2.90. The summed E-state index contributed by atoms with van der Waals surface area (Å²) in [5.41, 5.74) is 0. The van der Waals surface area contributed by atoms with Gasteiger partial charge in [0, 0.05) is 21.3 Å². The van der Waals surface area contributed by atoms with Crippen molar-refractivity contribution in [3.05, 3.63) is 0 Å². The van der Waals surface area contributed by atoms with Gasteiger partial charge in [0.15, 0.2) is 6.29 Å². The molecule has 78 valence electrons. The Hall–Kier alpha value is -0.200. The minimum Gasteiger partial charge on any atom is -0.387 e. The third kappa shape index (κ3) is 2.18. The number of hydrogen-bond acceptors (Lipinski definition) is 5. The van der Waals surface area contributed by atoms with Crippen molar-refractivity contribution in [2.75, 3.05) is 27.9 Å². The number of ether oxygens (including phenoxy) is 4. The van der Waals surface area contributed by atoms with Crippen LogP contribution in [0.2, 0.25) is 0 Å². The summed E-state index contributed by atoms with van der Waals surface area (Å²) in [7, 11) is 4.54. The summed E-state index contributed by atoms with van der Waals surface area (Å²) in [5, 5.41) is 9.72. The van der Waals surface area contributed by atoms with Gasteiger partial charge in [-0.25, -0.2) is 0 Å². The summed E-state index contributed by atoms with van der Waals surface area (Å²) in [6, 6.07) is 0. The van der Waals surface area contributed by atoms with Crippen LogP contribution >= 0.6 is 0 Å². The summed E-state index contributed by atoms with van der Waals surface area (Å²) in [4.78, 5) is 0. The Kier molecular flexibility index (Phi) is 4.08. The highest BCUT2D eigenvalue weighted by atomic mass is 16.7. The van der Waals surface area contributed by atoms with Gasteiger partial charge < -0.3 is 24.1 Å². The van der Waals surface area contributed by atoms with Gasteiger partial charge in [-0.3, -0.25) is 0 Å². The van der Waals surface area contributed by atoms with E-state index in [1.807, 2.05) is 0 Å². The zero-order valence-electron chi connectivity index (χ0n) is 8.10. The van der Waals surface area contributed by atoms with Crippen molar-refractivity contribution in [1.29, 1.82) is 0 Å². The van der Waals surface area contributed by atoms with Gasteiger partial charge in [-0.15, -0.1) is 0 Å². The fourth-order valence-electron chi connectivity index (χ4n) is 1.42. The zero-order chi connectivity index (χ0) is 9.84. The predicted octanol–water partition coefficient (Wildman–Crippen LogP) is -0.620. The van der Waals surface area contributed by atoms with E-state index in [9.17, 15) is 5.11 Å². The molecule has 1 aliphatic rings. The van der Waals surface area contributed by atoms with E-state index in [4.69, 9.17) is 18.9 Å². The van der Waals surface area contributed by atoms with E-state index in [-0.39, 0.29) is 6.10 Å². The van der Waals surface area contributed by atoms with Crippen molar-refractivity contribution in [2.45, 2.75) is 24.6 Å². The van der Waals surface area contributed by atoms with Crippen LogP contribution in [0.25, 0.3) is 0 Å². The molecule has 1 rings (SSSR count). The molecular weight excluding hydrogens is 176 g/mol. The van der Waals surface area contributed by atoms with E-state index in [2.05, 4.69) is 0 Å². The Balaban J connectivity index is 2.59. The van der Waals surface area contributed by atoms with Crippen LogP contribution in [0, 0.1) is 0 Å². The molecule has 0 unspecified atom stereocenters. The van der Waals surface area contributed by atoms with Crippen LogP contribution in [0.1, 0.15) is 0 Å². The molecule has 1 heterocycles. The smallest absolute Gasteiger partial charge is 0.186 e. The molecule has 13 heavy (non-hydrogen) atoms. The molecule has 1 fully saturated rings. The lowest BCUT2D eigenvalue weighted by atomic mass is 10.1. The average Bonchev–Trinajstić information content (AvgIpc) is 2.17. The van der Waals surface area contributed by atoms with Gasteiger partial charge >= 0.3 is 0 Å². The topological polar surface area (TPSA) is 57.2 Å². The Bertz CT molecular complexity index is 151. The van der Waals surface area contributed by atoms with Gasteiger partial charge in [-0.2, -0.15) is 0 Å². The minimum atomic E-state index is -0.714. The summed E-state index contributed by atoms with van der Waals surface area (Å²) in [6.07, 6.45) is -2.08. The first-order valence-electron chi connectivity index (χ1n) is 4.12. The summed E-state index contributed by atoms with van der Waals surface area (Å²) in [5.74, 6) is 0. The highest BCUT2D eigenvalue weighted by Crippen LogP contribution is 2.19. The lowest BCUT2D eigenvalue weighted by Gasteiger charge is -2.37. The fraction of sp³-hybridized carbons (Fsp3) is 1.00. The normalized spacial score (nSPS) is 40.6. The average molecular weight is 192 g/mol. The molecule has 0 radical (unpaired) electrons. The molecule has 1 aliphatic heterocycles. The van der Waals surface area contributed by atoms with Crippen molar-refractivity contribution < 1.29 is 24.1 Å². The van der Waals surface area contributed by atoms with Crippen molar-refractivity contribution in [3.63, 3.8) is 0 Å². The largest absolute Gasteiger partial charge is 0.387 e. The monoisotopic (exact) mass is 192 g/mol. The first-order valence-corrected chi connectivity index (χ1v) is 4.12. The molecule has 5 nitrogen and oxygen atoms in total. The molecule has 1 saturated heterocycles. The molecular formula is C8H16O5. The zero-order valence-corrected chi connectivity index (χ0v) is 8.10. The van der Waals surface area contributed by atoms with Gasteiger partial charge in [-0.1, -0.05) is 0 Å². The molecule has 0 aromatic heterocycles. The molecule has 0 bridgehead atoms. The number of rotatable bonds is 3. The first kappa shape index (κ1) is 10.9. The van der Waals surface area contributed by atoms with Crippen molar-refractivity contribution in [1.82, 2.24) is 0 Å². The lowest BCUT2D eigenvalue weighted by Crippen LogP contribution is -2.54. The third-order valence-electron chi connectivity index (χ3n) is 2.22. The summed E-state index contributed by atoms with van der Waals surface area (Å²) in [6.45, 7) is 0.316. The van der Waals surface area contributed by atoms with E-state index < -0.39 is 18.5 Å². The third-order valence-corrected chi connectivity index (χ3v) is 2.22. The Morgan fingerprint density at radius 1 is 1.15 bits per heavy atom. The molecule has 5 heteroatoms. The minimum absolute atomic E-state index is 0.316. The van der Waals surface area contributed by atoms with Gasteiger partial charge in [0.05, 0.1) is 6.61 Å². The Morgan fingerprint density at radius 3 is 2.31 bits per heavy atom. The number of methoxy groups -OCH3 is 3. The van der Waals surface area contributed by atoms with Crippen LogP contribution in [0.4, 0.5) is 0 Å². The van der Waals surface area contributed by atoms with Crippen molar-refractivity contribution in [3.8, 4) is 0 Å². The molecule has 1 N–H and O–H groups in total. The fourth-order valence-corrected chi connectivity index (χ4v) is 1.42. The molecule has 0 saturated carbocycles. The van der Waals surface area contributed by atoms with E-state index >= 15 is 0 Å². The Labute approximate surface area is 77.5 Å². The van der Waals surface area contributed by atoms with Crippen LogP contribution in [0.5, 0.6) is 0 Å².